The van der Waals surface area contributed by atoms with Crippen molar-refractivity contribution in [3.63, 3.8) is 0 Å². The molecule has 3 unspecified atom stereocenters. The Labute approximate surface area is 125 Å². The Morgan fingerprint density at radius 1 is 1.38 bits per heavy atom. The average Bonchev–Trinajstić information content (AvgIpc) is 2.39. The zero-order valence-corrected chi connectivity index (χ0v) is 12.9. The van der Waals surface area contributed by atoms with Crippen LogP contribution in [0, 0.1) is 12.7 Å². The topological polar surface area (TPSA) is 41.9 Å². The van der Waals surface area contributed by atoms with Gasteiger partial charge >= 0.3 is 0 Å². The third kappa shape index (κ3) is 4.66. The molecule has 1 saturated heterocycles. The van der Waals surface area contributed by atoms with Crippen LogP contribution in [0.2, 0.25) is 0 Å². The van der Waals surface area contributed by atoms with Crippen LogP contribution in [0.25, 0.3) is 0 Å². The number of morpholine rings is 1. The van der Waals surface area contributed by atoms with Gasteiger partial charge in [0.25, 0.3) is 0 Å². The van der Waals surface area contributed by atoms with E-state index < -0.39 is 6.10 Å². The van der Waals surface area contributed by atoms with E-state index in [4.69, 9.17) is 9.47 Å². The summed E-state index contributed by atoms with van der Waals surface area (Å²) in [7, 11) is 0. The maximum absolute atomic E-state index is 13.8. The van der Waals surface area contributed by atoms with Crippen molar-refractivity contribution >= 4 is 0 Å². The molecule has 118 valence electrons. The Bertz CT molecular complexity index is 459. The molecule has 0 amide bonds. The molecule has 0 saturated carbocycles. The molecule has 5 heteroatoms. The molecule has 0 bridgehead atoms. The SMILES string of the molecule is Cc1cccc(OCC(O)CN2CC(C)OC(C)C2)c1F. The second-order valence-corrected chi connectivity index (χ2v) is 5.83. The molecule has 3 atom stereocenters. The van der Waals surface area contributed by atoms with Crippen LogP contribution >= 0.6 is 0 Å². The van der Waals surface area contributed by atoms with Crippen LogP contribution in [0.5, 0.6) is 5.75 Å². The second kappa shape index (κ2) is 7.20. The quantitative estimate of drug-likeness (QED) is 0.902. The number of aliphatic hydroxyl groups excluding tert-OH is 1. The summed E-state index contributed by atoms with van der Waals surface area (Å²) < 4.78 is 24.8. The molecule has 2 rings (SSSR count). The van der Waals surface area contributed by atoms with Crippen molar-refractivity contribution in [2.24, 2.45) is 0 Å². The van der Waals surface area contributed by atoms with Crippen LogP contribution in [0.15, 0.2) is 18.2 Å². The highest BCUT2D eigenvalue weighted by atomic mass is 19.1. The summed E-state index contributed by atoms with van der Waals surface area (Å²) in [5.74, 6) is -0.170. The number of rotatable bonds is 5. The van der Waals surface area contributed by atoms with Crippen LogP contribution in [-0.4, -0.2) is 54.6 Å². The first kappa shape index (κ1) is 16.2. The summed E-state index contributed by atoms with van der Waals surface area (Å²) in [6.45, 7) is 7.91. The molecule has 4 nitrogen and oxygen atoms in total. The largest absolute Gasteiger partial charge is 0.488 e. The number of ether oxygens (including phenoxy) is 2. The van der Waals surface area contributed by atoms with Crippen LogP contribution in [0.1, 0.15) is 19.4 Å². The molecule has 1 aliphatic rings. The first-order valence-corrected chi connectivity index (χ1v) is 7.39. The number of aryl methyl sites for hydroxylation is 1. The van der Waals surface area contributed by atoms with E-state index in [1.54, 1.807) is 25.1 Å². The van der Waals surface area contributed by atoms with Crippen molar-refractivity contribution in [2.75, 3.05) is 26.2 Å². The van der Waals surface area contributed by atoms with E-state index in [0.29, 0.717) is 12.1 Å². The van der Waals surface area contributed by atoms with Gasteiger partial charge in [-0.1, -0.05) is 12.1 Å². The van der Waals surface area contributed by atoms with Crippen molar-refractivity contribution in [1.29, 1.82) is 0 Å². The highest BCUT2D eigenvalue weighted by molar-refractivity contribution is 5.30. The standard InChI is InChI=1S/C16H24FNO3/c1-11-5-4-6-15(16(11)17)20-10-14(19)9-18-7-12(2)21-13(3)8-18/h4-6,12-14,19H,7-10H2,1-3H3. The number of hydrogen-bond donors (Lipinski definition) is 1. The molecule has 0 aliphatic carbocycles. The van der Waals surface area contributed by atoms with Crippen LogP contribution in [0.3, 0.4) is 0 Å². The average molecular weight is 297 g/mol. The minimum absolute atomic E-state index is 0.0838. The summed E-state index contributed by atoms with van der Waals surface area (Å²) in [5.41, 5.74) is 0.540. The van der Waals surface area contributed by atoms with E-state index in [0.717, 1.165) is 13.1 Å². The maximum Gasteiger partial charge on any atom is 0.167 e. The third-order valence-electron chi connectivity index (χ3n) is 3.55. The first-order chi connectivity index (χ1) is 9.95. The van der Waals surface area contributed by atoms with Crippen LogP contribution in [-0.2, 0) is 4.74 Å². The zero-order valence-electron chi connectivity index (χ0n) is 12.9. The lowest BCUT2D eigenvalue weighted by molar-refractivity contribution is -0.0787. The fourth-order valence-electron chi connectivity index (χ4n) is 2.70. The molecule has 1 fully saturated rings. The van der Waals surface area contributed by atoms with Gasteiger partial charge in [-0.05, 0) is 32.4 Å². The van der Waals surface area contributed by atoms with Gasteiger partial charge in [-0.3, -0.25) is 4.90 Å². The van der Waals surface area contributed by atoms with Crippen molar-refractivity contribution in [3.05, 3.63) is 29.6 Å². The molecule has 1 heterocycles. The van der Waals surface area contributed by atoms with Crippen molar-refractivity contribution in [2.45, 2.75) is 39.1 Å². The molecule has 0 aromatic heterocycles. The second-order valence-electron chi connectivity index (χ2n) is 5.83. The van der Waals surface area contributed by atoms with Gasteiger partial charge in [0.05, 0.1) is 12.2 Å². The van der Waals surface area contributed by atoms with E-state index in [1.807, 2.05) is 13.8 Å². The number of nitrogens with zero attached hydrogens (tertiary/aromatic N) is 1. The molecule has 21 heavy (non-hydrogen) atoms. The highest BCUT2D eigenvalue weighted by Gasteiger charge is 2.24. The Balaban J connectivity index is 1.82. The van der Waals surface area contributed by atoms with Gasteiger partial charge in [-0.25, -0.2) is 4.39 Å². The Morgan fingerprint density at radius 3 is 2.71 bits per heavy atom. The molecule has 1 aromatic carbocycles. The smallest absolute Gasteiger partial charge is 0.167 e. The number of β-amino-alcohol motifs (C(OH)–C–C–N with tert-alkyl or cyclic N) is 1. The Morgan fingerprint density at radius 2 is 2.05 bits per heavy atom. The van der Waals surface area contributed by atoms with Crippen molar-refractivity contribution in [3.8, 4) is 5.75 Å². The number of halogens is 1. The number of benzene rings is 1. The number of aliphatic hydroxyl groups is 1. The zero-order chi connectivity index (χ0) is 15.4. The highest BCUT2D eigenvalue weighted by Crippen LogP contribution is 2.20. The molecule has 0 spiro atoms. The third-order valence-corrected chi connectivity index (χ3v) is 3.55. The Kier molecular flexibility index (Phi) is 5.56. The normalized spacial score (nSPS) is 24.8. The van der Waals surface area contributed by atoms with Gasteiger partial charge < -0.3 is 14.6 Å². The van der Waals surface area contributed by atoms with Crippen molar-refractivity contribution < 1.29 is 19.0 Å². The molecular weight excluding hydrogens is 273 g/mol. The lowest BCUT2D eigenvalue weighted by Crippen LogP contribution is -2.48. The minimum Gasteiger partial charge on any atom is -0.488 e. The van der Waals surface area contributed by atoms with E-state index in [-0.39, 0.29) is 30.4 Å². The summed E-state index contributed by atoms with van der Waals surface area (Å²) in [6, 6.07) is 5.01. The van der Waals surface area contributed by atoms with E-state index >= 15 is 0 Å². The summed E-state index contributed by atoms with van der Waals surface area (Å²) in [5, 5.41) is 10.1. The molecule has 1 aromatic rings. The monoisotopic (exact) mass is 297 g/mol. The van der Waals surface area contributed by atoms with Crippen LogP contribution in [0.4, 0.5) is 4.39 Å². The first-order valence-electron chi connectivity index (χ1n) is 7.39. The lowest BCUT2D eigenvalue weighted by atomic mass is 10.2. The van der Waals surface area contributed by atoms with E-state index in [9.17, 15) is 9.50 Å². The predicted octanol–water partition coefficient (Wildman–Crippen LogP) is 1.98. The molecule has 1 aliphatic heterocycles. The van der Waals surface area contributed by atoms with Gasteiger partial charge in [0.15, 0.2) is 11.6 Å². The minimum atomic E-state index is -0.651. The summed E-state index contributed by atoms with van der Waals surface area (Å²) >= 11 is 0. The van der Waals surface area contributed by atoms with Crippen molar-refractivity contribution in [1.82, 2.24) is 4.90 Å². The predicted molar refractivity (Wildman–Crippen MR) is 79.1 cm³/mol. The maximum atomic E-state index is 13.8. The Hall–Kier alpha value is -1.17. The van der Waals surface area contributed by atoms with E-state index in [1.165, 1.54) is 0 Å². The van der Waals surface area contributed by atoms with E-state index in [2.05, 4.69) is 4.90 Å². The fraction of sp³-hybridized carbons (Fsp3) is 0.625. The van der Waals surface area contributed by atoms with Gasteiger partial charge in [-0.2, -0.15) is 0 Å². The van der Waals surface area contributed by atoms with Crippen LogP contribution < -0.4 is 4.74 Å². The van der Waals surface area contributed by atoms with Gasteiger partial charge in [0.1, 0.15) is 12.7 Å². The summed E-state index contributed by atoms with van der Waals surface area (Å²) in [4.78, 5) is 2.15. The van der Waals surface area contributed by atoms with Gasteiger partial charge in [-0.15, -0.1) is 0 Å². The number of hydrogen-bond acceptors (Lipinski definition) is 4. The summed E-state index contributed by atoms with van der Waals surface area (Å²) in [6.07, 6.45) is -0.324. The lowest BCUT2D eigenvalue weighted by Gasteiger charge is -2.36. The molecule has 0 radical (unpaired) electrons. The van der Waals surface area contributed by atoms with Gasteiger partial charge in [0, 0.05) is 19.6 Å². The van der Waals surface area contributed by atoms with Gasteiger partial charge in [0.2, 0.25) is 0 Å². The fourth-order valence-corrected chi connectivity index (χ4v) is 2.70. The molecular formula is C16H24FNO3. The molecule has 1 N–H and O–H groups in total.